The van der Waals surface area contributed by atoms with Crippen LogP contribution < -0.4 is 9.62 Å². The molecule has 188 valence electrons. The molecule has 1 aromatic heterocycles. The third kappa shape index (κ3) is 6.04. The maximum atomic E-state index is 12.5. The summed E-state index contributed by atoms with van der Waals surface area (Å²) in [6, 6.07) is 26.3. The molecule has 5 rings (SSSR count). The van der Waals surface area contributed by atoms with E-state index in [4.69, 9.17) is 0 Å². The molecule has 2 N–H and O–H groups in total. The summed E-state index contributed by atoms with van der Waals surface area (Å²) in [6.07, 6.45) is 3.22. The highest BCUT2D eigenvalue weighted by Crippen LogP contribution is 2.27. The summed E-state index contributed by atoms with van der Waals surface area (Å²) >= 11 is 0. The number of hydrogen-bond donors (Lipinski definition) is 2. The Labute approximate surface area is 219 Å². The number of hydrogen-bond acceptors (Lipinski definition) is 6. The number of aromatic hydroxyl groups is 1. The van der Waals surface area contributed by atoms with Gasteiger partial charge in [0.05, 0.1) is 11.1 Å². The minimum absolute atomic E-state index is 0.161. The van der Waals surface area contributed by atoms with Gasteiger partial charge in [-0.05, 0) is 53.6 Å². The van der Waals surface area contributed by atoms with Gasteiger partial charge in [-0.15, -0.1) is 0 Å². The lowest BCUT2D eigenvalue weighted by molar-refractivity contribution is 0.0983. The van der Waals surface area contributed by atoms with Crippen LogP contribution in [0.4, 0.5) is 5.69 Å². The van der Waals surface area contributed by atoms with Gasteiger partial charge in [0.15, 0.2) is 11.0 Å². The van der Waals surface area contributed by atoms with E-state index in [1.165, 1.54) is 11.8 Å². The summed E-state index contributed by atoms with van der Waals surface area (Å²) in [6.45, 7) is 4.38. The van der Waals surface area contributed by atoms with Gasteiger partial charge < -0.3 is 10.0 Å². The van der Waals surface area contributed by atoms with E-state index in [2.05, 4.69) is 31.6 Å². The van der Waals surface area contributed by atoms with Gasteiger partial charge in [0, 0.05) is 55.7 Å². The van der Waals surface area contributed by atoms with Crippen LogP contribution in [0.3, 0.4) is 0 Å². The van der Waals surface area contributed by atoms with Gasteiger partial charge >= 0.3 is 0 Å². The molecule has 8 heteroatoms. The van der Waals surface area contributed by atoms with Crippen LogP contribution in [0.25, 0.3) is 11.1 Å². The summed E-state index contributed by atoms with van der Waals surface area (Å²) in [5, 5.41) is 9.84. The number of carbonyl (C=O) groups excluding carboxylic acids is 1. The normalized spacial score (nSPS) is 14.8. The second kappa shape index (κ2) is 11.4. The van der Waals surface area contributed by atoms with Crippen molar-refractivity contribution in [3.05, 3.63) is 108 Å². The highest BCUT2D eigenvalue weighted by atomic mass is 32.2. The molecule has 1 fully saturated rings. The zero-order chi connectivity index (χ0) is 25.6. The molecule has 2 heterocycles. The average Bonchev–Trinajstić information content (AvgIpc) is 2.94. The van der Waals surface area contributed by atoms with Crippen molar-refractivity contribution in [2.24, 2.45) is 0 Å². The molecule has 0 spiro atoms. The molecule has 1 saturated heterocycles. The Kier molecular flexibility index (Phi) is 7.58. The summed E-state index contributed by atoms with van der Waals surface area (Å²) in [4.78, 5) is 22.0. The SMILES string of the molecule is O=C(NS(=O)c1ccccc1)c1ccc(N2CCN(Cc3ccccc3-c3cncc(O)c3)CC2)cc1. The third-order valence-electron chi connectivity index (χ3n) is 6.46. The molecule has 0 saturated carbocycles. The summed E-state index contributed by atoms with van der Waals surface area (Å²) < 4.78 is 14.9. The first-order valence-electron chi connectivity index (χ1n) is 12.1. The minimum Gasteiger partial charge on any atom is -0.506 e. The Balaban J connectivity index is 1.17. The molecule has 1 amide bonds. The minimum atomic E-state index is -1.59. The topological polar surface area (TPSA) is 85.8 Å². The van der Waals surface area contributed by atoms with Crippen molar-refractivity contribution in [3.8, 4) is 16.9 Å². The highest BCUT2D eigenvalue weighted by molar-refractivity contribution is 7.83. The van der Waals surface area contributed by atoms with Gasteiger partial charge in [0.25, 0.3) is 5.91 Å². The lowest BCUT2D eigenvalue weighted by Gasteiger charge is -2.36. The van der Waals surface area contributed by atoms with Crippen molar-refractivity contribution in [2.75, 3.05) is 31.1 Å². The Morgan fingerprint density at radius 3 is 2.32 bits per heavy atom. The Hall–Kier alpha value is -4.01. The van der Waals surface area contributed by atoms with Crippen molar-refractivity contribution < 1.29 is 14.1 Å². The third-order valence-corrected chi connectivity index (χ3v) is 7.53. The average molecular weight is 513 g/mol. The molecular weight excluding hydrogens is 484 g/mol. The highest BCUT2D eigenvalue weighted by Gasteiger charge is 2.19. The van der Waals surface area contributed by atoms with Gasteiger partial charge in [0.2, 0.25) is 0 Å². The number of carbonyl (C=O) groups is 1. The number of amides is 1. The number of rotatable bonds is 7. The molecule has 4 aromatic rings. The maximum Gasteiger partial charge on any atom is 0.263 e. The van der Waals surface area contributed by atoms with E-state index in [1.807, 2.05) is 30.3 Å². The summed E-state index contributed by atoms with van der Waals surface area (Å²) in [7, 11) is -1.59. The van der Waals surface area contributed by atoms with Gasteiger partial charge in [0.1, 0.15) is 5.75 Å². The Bertz CT molecular complexity index is 1390. The second-order valence-corrected chi connectivity index (χ2v) is 10.1. The van der Waals surface area contributed by atoms with Crippen molar-refractivity contribution in [3.63, 3.8) is 0 Å². The molecule has 1 aliphatic rings. The van der Waals surface area contributed by atoms with Gasteiger partial charge in [-0.3, -0.25) is 19.4 Å². The first kappa shape index (κ1) is 24.7. The van der Waals surface area contributed by atoms with E-state index < -0.39 is 11.0 Å². The van der Waals surface area contributed by atoms with Crippen LogP contribution >= 0.6 is 0 Å². The fraction of sp³-hybridized carbons (Fsp3) is 0.172. The second-order valence-electron chi connectivity index (χ2n) is 8.91. The van der Waals surface area contributed by atoms with Crippen LogP contribution in [-0.4, -0.2) is 51.3 Å². The largest absolute Gasteiger partial charge is 0.506 e. The molecule has 0 aliphatic carbocycles. The molecular formula is C29H28N4O3S. The first-order valence-corrected chi connectivity index (χ1v) is 13.3. The fourth-order valence-corrected chi connectivity index (χ4v) is 5.30. The number of aromatic nitrogens is 1. The zero-order valence-corrected chi connectivity index (χ0v) is 21.1. The molecule has 0 bridgehead atoms. The van der Waals surface area contributed by atoms with E-state index >= 15 is 0 Å². The lowest BCUT2D eigenvalue weighted by Crippen LogP contribution is -2.46. The molecule has 0 radical (unpaired) electrons. The molecule has 1 unspecified atom stereocenters. The molecule has 1 atom stereocenters. The molecule has 3 aromatic carbocycles. The quantitative estimate of drug-likeness (QED) is 0.386. The predicted molar refractivity (Wildman–Crippen MR) is 146 cm³/mol. The standard InChI is InChI=1S/C29H28N4O3S/c34-26-18-24(19-30-20-26)28-9-5-4-6-23(28)21-32-14-16-33(17-15-32)25-12-10-22(11-13-25)29(35)31-37(36)27-7-2-1-3-8-27/h1-13,18-20,34H,14-17,21H2,(H,31,35). The van der Waals surface area contributed by atoms with Gasteiger partial charge in [-0.1, -0.05) is 42.5 Å². The zero-order valence-electron chi connectivity index (χ0n) is 20.3. The van der Waals surface area contributed by atoms with Gasteiger partial charge in [-0.2, -0.15) is 0 Å². The number of pyridine rings is 1. The van der Waals surface area contributed by atoms with Crippen molar-refractivity contribution in [2.45, 2.75) is 11.4 Å². The first-order chi connectivity index (χ1) is 18.1. The smallest absolute Gasteiger partial charge is 0.263 e. The maximum absolute atomic E-state index is 12.5. The van der Waals surface area contributed by atoms with E-state index in [9.17, 15) is 14.1 Å². The lowest BCUT2D eigenvalue weighted by atomic mass is 10.0. The van der Waals surface area contributed by atoms with Crippen LogP contribution in [0.2, 0.25) is 0 Å². The number of anilines is 1. The van der Waals surface area contributed by atoms with Crippen LogP contribution in [0.1, 0.15) is 15.9 Å². The van der Waals surface area contributed by atoms with Crippen LogP contribution in [0, 0.1) is 0 Å². The van der Waals surface area contributed by atoms with Crippen molar-refractivity contribution >= 4 is 22.6 Å². The molecule has 37 heavy (non-hydrogen) atoms. The summed E-state index contributed by atoms with van der Waals surface area (Å²) in [5.41, 5.74) is 4.73. The van der Waals surface area contributed by atoms with E-state index in [0.29, 0.717) is 10.5 Å². The van der Waals surface area contributed by atoms with Crippen molar-refractivity contribution in [1.82, 2.24) is 14.6 Å². The predicted octanol–water partition coefficient (Wildman–Crippen LogP) is 4.23. The van der Waals surface area contributed by atoms with E-state index in [-0.39, 0.29) is 11.7 Å². The fourth-order valence-electron chi connectivity index (χ4n) is 4.49. The van der Waals surface area contributed by atoms with Crippen LogP contribution in [0.5, 0.6) is 5.75 Å². The van der Waals surface area contributed by atoms with E-state index in [1.54, 1.807) is 48.7 Å². The Morgan fingerprint density at radius 1 is 0.892 bits per heavy atom. The van der Waals surface area contributed by atoms with E-state index in [0.717, 1.165) is 49.5 Å². The van der Waals surface area contributed by atoms with Gasteiger partial charge in [-0.25, -0.2) is 4.21 Å². The number of nitrogens with one attached hydrogen (secondary N) is 1. The van der Waals surface area contributed by atoms with Crippen LogP contribution in [-0.2, 0) is 17.5 Å². The Morgan fingerprint density at radius 2 is 1.59 bits per heavy atom. The molecule has 7 nitrogen and oxygen atoms in total. The number of piperazine rings is 1. The number of nitrogens with zero attached hydrogens (tertiary/aromatic N) is 3. The van der Waals surface area contributed by atoms with Crippen molar-refractivity contribution in [1.29, 1.82) is 0 Å². The summed E-state index contributed by atoms with van der Waals surface area (Å²) in [5.74, 6) is -0.201. The van der Waals surface area contributed by atoms with Crippen LogP contribution in [0.15, 0.2) is 102 Å². The number of benzene rings is 3. The molecule has 1 aliphatic heterocycles. The monoisotopic (exact) mass is 512 g/mol.